The first kappa shape index (κ1) is 17.4. The molecule has 1 aliphatic rings. The van der Waals surface area contributed by atoms with Crippen LogP contribution in [0.25, 0.3) is 0 Å². The Labute approximate surface area is 136 Å². The van der Waals surface area contributed by atoms with Crippen molar-refractivity contribution in [3.8, 4) is 0 Å². The minimum atomic E-state index is -3.60. The Balaban J connectivity index is 1.86. The van der Waals surface area contributed by atoms with Crippen LogP contribution >= 0.6 is 0 Å². The van der Waals surface area contributed by atoms with Gasteiger partial charge in [-0.3, -0.25) is 9.59 Å². The largest absolute Gasteiger partial charge is 0.355 e. The van der Waals surface area contributed by atoms with Crippen LogP contribution in [-0.4, -0.2) is 51.8 Å². The van der Waals surface area contributed by atoms with E-state index >= 15 is 0 Å². The Morgan fingerprint density at radius 3 is 2.52 bits per heavy atom. The maximum absolute atomic E-state index is 12.2. The molecule has 126 valence electrons. The fourth-order valence-corrected chi connectivity index (χ4v) is 3.50. The van der Waals surface area contributed by atoms with E-state index < -0.39 is 10.0 Å². The molecule has 0 radical (unpaired) electrons. The number of nitrogens with zero attached hydrogens (tertiary/aromatic N) is 1. The first-order chi connectivity index (χ1) is 10.9. The minimum absolute atomic E-state index is 0.113. The number of rotatable bonds is 7. The molecule has 1 fully saturated rings. The highest BCUT2D eigenvalue weighted by atomic mass is 32.2. The van der Waals surface area contributed by atoms with Gasteiger partial charge in [0.15, 0.2) is 0 Å². The number of carbonyl (C=O) groups excluding carboxylic acids is 2. The summed E-state index contributed by atoms with van der Waals surface area (Å²) in [5.41, 5.74) is 0.402. The van der Waals surface area contributed by atoms with Crippen LogP contribution in [-0.2, 0) is 14.8 Å². The molecule has 0 spiro atoms. The van der Waals surface area contributed by atoms with Gasteiger partial charge >= 0.3 is 0 Å². The second kappa shape index (κ2) is 7.56. The first-order valence-electron chi connectivity index (χ1n) is 7.53. The van der Waals surface area contributed by atoms with Crippen molar-refractivity contribution in [2.45, 2.75) is 24.2 Å². The summed E-state index contributed by atoms with van der Waals surface area (Å²) in [5.74, 6) is -0.130. The maximum Gasteiger partial charge on any atom is 0.251 e. The average molecular weight is 339 g/mol. The van der Waals surface area contributed by atoms with Crippen LogP contribution in [0.1, 0.15) is 29.6 Å². The first-order valence-corrected chi connectivity index (χ1v) is 9.02. The van der Waals surface area contributed by atoms with Crippen LogP contribution in [0.2, 0.25) is 0 Å². The summed E-state index contributed by atoms with van der Waals surface area (Å²) in [6, 6.07) is 5.74. The summed E-state index contributed by atoms with van der Waals surface area (Å²) in [4.78, 5) is 24.8. The summed E-state index contributed by atoms with van der Waals surface area (Å²) < 4.78 is 26.8. The second-order valence-corrected chi connectivity index (χ2v) is 7.11. The highest BCUT2D eigenvalue weighted by Crippen LogP contribution is 2.12. The summed E-state index contributed by atoms with van der Waals surface area (Å²) >= 11 is 0. The SMILES string of the molecule is CNC(=O)c1ccc(S(=O)(=O)NCCCN2CCCC2=O)cc1. The topological polar surface area (TPSA) is 95.6 Å². The number of sulfonamides is 1. The van der Waals surface area contributed by atoms with Gasteiger partial charge < -0.3 is 10.2 Å². The number of benzene rings is 1. The summed E-state index contributed by atoms with van der Waals surface area (Å²) in [5, 5.41) is 2.48. The minimum Gasteiger partial charge on any atom is -0.355 e. The average Bonchev–Trinajstić information content (AvgIpc) is 2.96. The molecule has 0 aromatic heterocycles. The standard InChI is InChI=1S/C15H21N3O4S/c1-16-15(20)12-5-7-13(8-6-12)23(21,22)17-9-3-11-18-10-2-4-14(18)19/h5-8,17H,2-4,9-11H2,1H3,(H,16,20). The van der Waals surface area contributed by atoms with E-state index in [0.29, 0.717) is 24.9 Å². The van der Waals surface area contributed by atoms with Gasteiger partial charge in [0.25, 0.3) is 5.91 Å². The third-order valence-electron chi connectivity index (χ3n) is 3.72. The van der Waals surface area contributed by atoms with Gasteiger partial charge in [0, 0.05) is 38.7 Å². The van der Waals surface area contributed by atoms with E-state index in [2.05, 4.69) is 10.0 Å². The van der Waals surface area contributed by atoms with Gasteiger partial charge in [0.1, 0.15) is 0 Å². The van der Waals surface area contributed by atoms with Gasteiger partial charge in [-0.2, -0.15) is 0 Å². The van der Waals surface area contributed by atoms with Crippen LogP contribution in [0.3, 0.4) is 0 Å². The van der Waals surface area contributed by atoms with Gasteiger partial charge in [0.2, 0.25) is 15.9 Å². The van der Waals surface area contributed by atoms with E-state index in [9.17, 15) is 18.0 Å². The normalized spacial score (nSPS) is 15.0. The van der Waals surface area contributed by atoms with Crippen LogP contribution in [0.4, 0.5) is 0 Å². The Morgan fingerprint density at radius 1 is 1.26 bits per heavy atom. The van der Waals surface area contributed by atoms with Crippen molar-refractivity contribution < 1.29 is 18.0 Å². The van der Waals surface area contributed by atoms with Crippen molar-refractivity contribution in [3.05, 3.63) is 29.8 Å². The molecule has 0 saturated carbocycles. The Hall–Kier alpha value is -1.93. The molecule has 8 heteroatoms. The molecule has 1 aromatic rings. The number of amides is 2. The van der Waals surface area contributed by atoms with Gasteiger partial charge in [-0.25, -0.2) is 13.1 Å². The lowest BCUT2D eigenvalue weighted by molar-refractivity contribution is -0.127. The summed E-state index contributed by atoms with van der Waals surface area (Å²) in [6.07, 6.45) is 2.03. The zero-order chi connectivity index (χ0) is 16.9. The highest BCUT2D eigenvalue weighted by Gasteiger charge is 2.20. The van der Waals surface area contributed by atoms with Crippen molar-refractivity contribution in [2.24, 2.45) is 0 Å². The summed E-state index contributed by atoms with van der Waals surface area (Å²) in [7, 11) is -2.09. The molecular formula is C15H21N3O4S. The molecule has 1 aliphatic heterocycles. The van der Waals surface area contributed by atoms with Gasteiger partial charge in [0.05, 0.1) is 4.90 Å². The Morgan fingerprint density at radius 2 is 1.96 bits per heavy atom. The lowest BCUT2D eigenvalue weighted by Gasteiger charge is -2.15. The molecule has 2 amide bonds. The molecule has 7 nitrogen and oxygen atoms in total. The predicted octanol–water partition coefficient (Wildman–Crippen LogP) is 0.337. The van der Waals surface area contributed by atoms with E-state index in [1.165, 1.54) is 31.3 Å². The molecule has 0 aliphatic carbocycles. The second-order valence-electron chi connectivity index (χ2n) is 5.34. The fraction of sp³-hybridized carbons (Fsp3) is 0.467. The van der Waals surface area contributed by atoms with Crippen LogP contribution in [0.5, 0.6) is 0 Å². The van der Waals surface area contributed by atoms with Crippen molar-refractivity contribution in [3.63, 3.8) is 0 Å². The van der Waals surface area contributed by atoms with Crippen LogP contribution in [0, 0.1) is 0 Å². The van der Waals surface area contributed by atoms with Gasteiger partial charge in [-0.1, -0.05) is 0 Å². The molecular weight excluding hydrogens is 318 g/mol. The molecule has 23 heavy (non-hydrogen) atoms. The maximum atomic E-state index is 12.2. The monoisotopic (exact) mass is 339 g/mol. The number of hydrogen-bond acceptors (Lipinski definition) is 4. The van der Waals surface area contributed by atoms with Gasteiger partial charge in [-0.05, 0) is 37.1 Å². The van der Waals surface area contributed by atoms with E-state index in [-0.39, 0.29) is 23.3 Å². The molecule has 2 rings (SSSR count). The van der Waals surface area contributed by atoms with Crippen molar-refractivity contribution >= 4 is 21.8 Å². The quantitative estimate of drug-likeness (QED) is 0.700. The number of likely N-dealkylation sites (tertiary alicyclic amines) is 1. The predicted molar refractivity (Wildman–Crippen MR) is 85.5 cm³/mol. The Bertz CT molecular complexity index is 670. The third kappa shape index (κ3) is 4.52. The fourth-order valence-electron chi connectivity index (χ4n) is 2.43. The van der Waals surface area contributed by atoms with E-state index in [1.807, 2.05) is 0 Å². The van der Waals surface area contributed by atoms with E-state index in [0.717, 1.165) is 13.0 Å². The lowest BCUT2D eigenvalue weighted by Crippen LogP contribution is -2.30. The van der Waals surface area contributed by atoms with Crippen molar-refractivity contribution in [2.75, 3.05) is 26.7 Å². The number of nitrogens with one attached hydrogen (secondary N) is 2. The lowest BCUT2D eigenvalue weighted by atomic mass is 10.2. The zero-order valence-electron chi connectivity index (χ0n) is 13.0. The van der Waals surface area contributed by atoms with Crippen molar-refractivity contribution in [1.29, 1.82) is 0 Å². The van der Waals surface area contributed by atoms with Gasteiger partial charge in [-0.15, -0.1) is 0 Å². The van der Waals surface area contributed by atoms with Crippen molar-refractivity contribution in [1.82, 2.24) is 14.9 Å². The molecule has 1 aromatic carbocycles. The molecule has 0 bridgehead atoms. The number of carbonyl (C=O) groups is 2. The zero-order valence-corrected chi connectivity index (χ0v) is 13.9. The third-order valence-corrected chi connectivity index (χ3v) is 5.20. The van der Waals surface area contributed by atoms with Crippen LogP contribution in [0.15, 0.2) is 29.2 Å². The smallest absolute Gasteiger partial charge is 0.251 e. The van der Waals surface area contributed by atoms with E-state index in [1.54, 1.807) is 4.90 Å². The molecule has 0 unspecified atom stereocenters. The Kier molecular flexibility index (Phi) is 5.73. The molecule has 2 N–H and O–H groups in total. The molecule has 1 saturated heterocycles. The van der Waals surface area contributed by atoms with E-state index in [4.69, 9.17) is 0 Å². The number of hydrogen-bond donors (Lipinski definition) is 2. The molecule has 0 atom stereocenters. The highest BCUT2D eigenvalue weighted by molar-refractivity contribution is 7.89. The molecule has 1 heterocycles. The van der Waals surface area contributed by atoms with Crippen LogP contribution < -0.4 is 10.0 Å². The summed E-state index contributed by atoms with van der Waals surface area (Å²) in [6.45, 7) is 1.59.